The number of thiophene rings is 1. The second-order valence-corrected chi connectivity index (χ2v) is 6.84. The van der Waals surface area contributed by atoms with Crippen LogP contribution in [0.25, 0.3) is 21.3 Å². The minimum Gasteiger partial charge on any atom is -0.497 e. The fourth-order valence-electron chi connectivity index (χ4n) is 2.92. The molecule has 2 aromatic heterocycles. The highest BCUT2D eigenvalue weighted by atomic mass is 32.1. The zero-order chi connectivity index (χ0) is 18.6. The van der Waals surface area contributed by atoms with Gasteiger partial charge in [0.2, 0.25) is 0 Å². The van der Waals surface area contributed by atoms with Crippen molar-refractivity contribution in [3.63, 3.8) is 0 Å². The first-order valence-corrected chi connectivity index (χ1v) is 9.40. The molecule has 0 radical (unpaired) electrons. The topological polar surface area (TPSA) is 56.3 Å². The second kappa shape index (κ2) is 7.63. The third-order valence-electron chi connectivity index (χ3n) is 4.39. The Kier molecular flexibility index (Phi) is 4.89. The molecule has 0 aliphatic rings. The zero-order valence-electron chi connectivity index (χ0n) is 15.1. The molecule has 0 atom stereocenters. The van der Waals surface area contributed by atoms with Crippen molar-refractivity contribution in [2.45, 2.75) is 6.54 Å². The molecule has 4 rings (SSSR count). The maximum Gasteiger partial charge on any atom is 0.139 e. The van der Waals surface area contributed by atoms with E-state index in [1.807, 2.05) is 36.4 Å². The zero-order valence-corrected chi connectivity index (χ0v) is 15.9. The average molecular weight is 377 g/mol. The number of aromatic nitrogens is 2. The average Bonchev–Trinajstić information content (AvgIpc) is 3.17. The van der Waals surface area contributed by atoms with Gasteiger partial charge in [0.05, 0.1) is 19.6 Å². The number of hydrogen-bond donors (Lipinski definition) is 1. The molecule has 136 valence electrons. The lowest BCUT2D eigenvalue weighted by Gasteiger charge is -2.09. The number of ether oxygens (including phenoxy) is 2. The molecule has 0 saturated carbocycles. The Bertz CT molecular complexity index is 1040. The van der Waals surface area contributed by atoms with Crippen LogP contribution in [0.2, 0.25) is 0 Å². The van der Waals surface area contributed by atoms with Gasteiger partial charge in [0.25, 0.3) is 0 Å². The molecule has 5 nitrogen and oxygen atoms in total. The molecule has 0 amide bonds. The Balaban J connectivity index is 1.64. The lowest BCUT2D eigenvalue weighted by Crippen LogP contribution is -2.02. The summed E-state index contributed by atoms with van der Waals surface area (Å²) in [5.74, 6) is 2.53. The van der Waals surface area contributed by atoms with Crippen LogP contribution in [0.15, 0.2) is 60.2 Å². The third-order valence-corrected chi connectivity index (χ3v) is 5.28. The van der Waals surface area contributed by atoms with E-state index in [4.69, 9.17) is 9.47 Å². The second-order valence-electron chi connectivity index (χ2n) is 5.98. The molecule has 2 aromatic carbocycles. The van der Waals surface area contributed by atoms with Crippen LogP contribution in [0.3, 0.4) is 0 Å². The Labute approximate surface area is 161 Å². The Hall–Kier alpha value is -3.12. The monoisotopic (exact) mass is 377 g/mol. The van der Waals surface area contributed by atoms with Crippen molar-refractivity contribution in [3.8, 4) is 22.6 Å². The predicted octanol–water partition coefficient (Wildman–Crippen LogP) is 4.99. The van der Waals surface area contributed by atoms with Gasteiger partial charge >= 0.3 is 0 Å². The number of hydrogen-bond acceptors (Lipinski definition) is 6. The summed E-state index contributed by atoms with van der Waals surface area (Å²) in [5.41, 5.74) is 3.39. The van der Waals surface area contributed by atoms with Crippen LogP contribution >= 0.6 is 11.3 Å². The highest BCUT2D eigenvalue weighted by Gasteiger charge is 2.13. The van der Waals surface area contributed by atoms with Crippen molar-refractivity contribution >= 4 is 27.4 Å². The van der Waals surface area contributed by atoms with Crippen molar-refractivity contribution < 1.29 is 9.47 Å². The first-order chi connectivity index (χ1) is 13.3. The summed E-state index contributed by atoms with van der Waals surface area (Å²) in [5, 5.41) is 6.62. The van der Waals surface area contributed by atoms with E-state index in [9.17, 15) is 0 Å². The highest BCUT2D eigenvalue weighted by Crippen LogP contribution is 2.37. The van der Waals surface area contributed by atoms with Crippen molar-refractivity contribution in [3.05, 3.63) is 65.8 Å². The Morgan fingerprint density at radius 2 is 1.56 bits per heavy atom. The van der Waals surface area contributed by atoms with E-state index in [1.54, 1.807) is 31.9 Å². The number of nitrogens with one attached hydrogen (secondary N) is 1. The van der Waals surface area contributed by atoms with E-state index in [1.165, 1.54) is 0 Å². The van der Waals surface area contributed by atoms with Gasteiger partial charge in [-0.25, -0.2) is 9.97 Å². The van der Waals surface area contributed by atoms with Crippen LogP contribution in [0.4, 0.5) is 5.82 Å². The minimum atomic E-state index is 0.675. The van der Waals surface area contributed by atoms with Crippen molar-refractivity contribution in [1.29, 1.82) is 0 Å². The Morgan fingerprint density at radius 1 is 0.889 bits per heavy atom. The van der Waals surface area contributed by atoms with Gasteiger partial charge in [-0.05, 0) is 35.4 Å². The summed E-state index contributed by atoms with van der Waals surface area (Å²) in [6, 6.07) is 16.0. The lowest BCUT2D eigenvalue weighted by atomic mass is 10.1. The molecule has 1 N–H and O–H groups in total. The number of benzene rings is 2. The highest BCUT2D eigenvalue weighted by molar-refractivity contribution is 7.17. The molecule has 0 spiro atoms. The summed E-state index contributed by atoms with van der Waals surface area (Å²) in [7, 11) is 3.34. The van der Waals surface area contributed by atoms with Gasteiger partial charge in [-0.2, -0.15) is 0 Å². The van der Waals surface area contributed by atoms with Crippen LogP contribution in [-0.2, 0) is 6.54 Å². The maximum absolute atomic E-state index is 5.26. The standard InChI is InChI=1S/C21H19N3O2S/c1-25-16-7-3-14(4-8-16)11-22-20-19-18(12-27-21(19)24-13-23-20)15-5-9-17(26-2)10-6-15/h3-10,12-13H,11H2,1-2H3,(H,22,23,24). The first kappa shape index (κ1) is 17.3. The molecule has 0 bridgehead atoms. The number of methoxy groups -OCH3 is 2. The van der Waals surface area contributed by atoms with Crippen molar-refractivity contribution in [2.75, 3.05) is 19.5 Å². The molecule has 27 heavy (non-hydrogen) atoms. The van der Waals surface area contributed by atoms with Gasteiger partial charge in [-0.1, -0.05) is 24.3 Å². The number of nitrogens with zero attached hydrogens (tertiary/aromatic N) is 2. The van der Waals surface area contributed by atoms with Gasteiger partial charge in [0.1, 0.15) is 28.5 Å². The van der Waals surface area contributed by atoms with E-state index in [0.29, 0.717) is 6.54 Å². The fraction of sp³-hybridized carbons (Fsp3) is 0.143. The van der Waals surface area contributed by atoms with Crippen molar-refractivity contribution in [2.24, 2.45) is 0 Å². The SMILES string of the molecule is COc1ccc(CNc2ncnc3scc(-c4ccc(OC)cc4)c23)cc1. The van der Waals surface area contributed by atoms with E-state index in [-0.39, 0.29) is 0 Å². The number of rotatable bonds is 6. The summed E-state index contributed by atoms with van der Waals surface area (Å²) in [6.45, 7) is 0.675. The molecule has 0 aliphatic heterocycles. The van der Waals surface area contributed by atoms with E-state index >= 15 is 0 Å². The summed E-state index contributed by atoms with van der Waals surface area (Å²) in [6.07, 6.45) is 1.60. The summed E-state index contributed by atoms with van der Waals surface area (Å²) in [4.78, 5) is 9.87. The van der Waals surface area contributed by atoms with E-state index in [2.05, 4.69) is 32.8 Å². The molecule has 0 fully saturated rings. The van der Waals surface area contributed by atoms with E-state index < -0.39 is 0 Å². The van der Waals surface area contributed by atoms with Crippen LogP contribution in [0.1, 0.15) is 5.56 Å². The van der Waals surface area contributed by atoms with Crippen molar-refractivity contribution in [1.82, 2.24) is 9.97 Å². The molecular weight excluding hydrogens is 358 g/mol. The molecule has 6 heteroatoms. The fourth-order valence-corrected chi connectivity index (χ4v) is 3.84. The summed E-state index contributed by atoms with van der Waals surface area (Å²) >= 11 is 1.62. The van der Waals surface area contributed by atoms with Gasteiger partial charge in [0, 0.05) is 17.5 Å². The largest absolute Gasteiger partial charge is 0.497 e. The molecule has 4 aromatic rings. The Morgan fingerprint density at radius 3 is 2.22 bits per heavy atom. The van der Waals surface area contributed by atoms with E-state index in [0.717, 1.165) is 44.2 Å². The van der Waals surface area contributed by atoms with Gasteiger partial charge in [-0.3, -0.25) is 0 Å². The molecule has 0 saturated heterocycles. The maximum atomic E-state index is 5.26. The van der Waals surface area contributed by atoms with Crippen LogP contribution in [0.5, 0.6) is 11.5 Å². The molecular formula is C21H19N3O2S. The normalized spacial score (nSPS) is 10.7. The van der Waals surface area contributed by atoms with Gasteiger partial charge in [-0.15, -0.1) is 11.3 Å². The summed E-state index contributed by atoms with van der Waals surface area (Å²) < 4.78 is 10.5. The smallest absolute Gasteiger partial charge is 0.139 e. The number of anilines is 1. The van der Waals surface area contributed by atoms with Crippen LogP contribution in [0, 0.1) is 0 Å². The van der Waals surface area contributed by atoms with Crippen LogP contribution < -0.4 is 14.8 Å². The third kappa shape index (κ3) is 3.57. The first-order valence-electron chi connectivity index (χ1n) is 8.52. The quantitative estimate of drug-likeness (QED) is 0.513. The molecule has 0 aliphatic carbocycles. The molecule has 0 unspecified atom stereocenters. The molecule has 2 heterocycles. The van der Waals surface area contributed by atoms with Gasteiger partial charge in [0.15, 0.2) is 0 Å². The predicted molar refractivity (Wildman–Crippen MR) is 110 cm³/mol. The van der Waals surface area contributed by atoms with Crippen LogP contribution in [-0.4, -0.2) is 24.2 Å². The minimum absolute atomic E-state index is 0.675. The lowest BCUT2D eigenvalue weighted by molar-refractivity contribution is 0.414. The number of fused-ring (bicyclic) bond motifs is 1. The van der Waals surface area contributed by atoms with Gasteiger partial charge < -0.3 is 14.8 Å².